The Morgan fingerprint density at radius 3 is 3.06 bits per heavy atom. The van der Waals surface area contributed by atoms with E-state index in [1.165, 1.54) is 4.68 Å². The maximum Gasteiger partial charge on any atom is 0.151 e. The second kappa shape index (κ2) is 5.70. The highest BCUT2D eigenvalue weighted by molar-refractivity contribution is 5.36. The Labute approximate surface area is 104 Å². The van der Waals surface area contributed by atoms with Crippen LogP contribution in [0.3, 0.4) is 0 Å². The van der Waals surface area contributed by atoms with Gasteiger partial charge in [0.2, 0.25) is 0 Å². The molecule has 0 unspecified atom stereocenters. The summed E-state index contributed by atoms with van der Waals surface area (Å²) in [5.41, 5.74) is 1.50. The van der Waals surface area contributed by atoms with Crippen LogP contribution in [0.5, 0.6) is 0 Å². The smallest absolute Gasteiger partial charge is 0.151 e. The van der Waals surface area contributed by atoms with Gasteiger partial charge in [-0.1, -0.05) is 17.3 Å². The maximum atomic E-state index is 13.9. The van der Waals surface area contributed by atoms with Crippen molar-refractivity contribution >= 4 is 0 Å². The van der Waals surface area contributed by atoms with E-state index >= 15 is 0 Å². The molecule has 5 nitrogen and oxygen atoms in total. The minimum Gasteiger partial charge on any atom is -0.394 e. The van der Waals surface area contributed by atoms with E-state index in [0.29, 0.717) is 16.9 Å². The number of aliphatic hydroxyl groups excluding tert-OH is 1. The summed E-state index contributed by atoms with van der Waals surface area (Å²) < 4.78 is 20.3. The first-order valence-electron chi connectivity index (χ1n) is 5.57. The number of ether oxygens (including phenoxy) is 1. The zero-order valence-corrected chi connectivity index (χ0v) is 10.0. The Morgan fingerprint density at radius 1 is 1.44 bits per heavy atom. The molecule has 0 saturated heterocycles. The van der Waals surface area contributed by atoms with Gasteiger partial charge in [-0.05, 0) is 18.6 Å². The molecular formula is C12H14FN3O2. The molecule has 0 spiro atoms. The fourth-order valence-corrected chi connectivity index (χ4v) is 1.53. The molecule has 6 heteroatoms. The highest BCUT2D eigenvalue weighted by Gasteiger charge is 2.09. The Kier molecular flexibility index (Phi) is 4.01. The van der Waals surface area contributed by atoms with E-state index in [9.17, 15) is 4.39 Å². The molecule has 18 heavy (non-hydrogen) atoms. The van der Waals surface area contributed by atoms with Gasteiger partial charge in [0, 0.05) is 0 Å². The topological polar surface area (TPSA) is 60.2 Å². The molecule has 0 aliphatic rings. The van der Waals surface area contributed by atoms with E-state index in [1.807, 2.05) is 0 Å². The van der Waals surface area contributed by atoms with E-state index < -0.39 is 0 Å². The summed E-state index contributed by atoms with van der Waals surface area (Å²) in [5.74, 6) is -0.315. The van der Waals surface area contributed by atoms with Crippen LogP contribution in [0.1, 0.15) is 11.3 Å². The molecule has 1 N–H and O–H groups in total. The molecule has 1 aromatic heterocycles. The molecule has 1 aromatic carbocycles. The van der Waals surface area contributed by atoms with Crippen molar-refractivity contribution in [3.8, 4) is 5.69 Å². The Hall–Kier alpha value is -1.79. The first kappa shape index (κ1) is 12.7. The summed E-state index contributed by atoms with van der Waals surface area (Å²) in [7, 11) is 0. The second-order valence-corrected chi connectivity index (χ2v) is 3.84. The van der Waals surface area contributed by atoms with Crippen LogP contribution < -0.4 is 0 Å². The van der Waals surface area contributed by atoms with Crippen LogP contribution >= 0.6 is 0 Å². The number of rotatable bonds is 5. The first-order chi connectivity index (χ1) is 8.72. The fraction of sp³-hybridized carbons (Fsp3) is 0.333. The van der Waals surface area contributed by atoms with Crippen molar-refractivity contribution < 1.29 is 14.2 Å². The van der Waals surface area contributed by atoms with Crippen molar-refractivity contribution in [2.24, 2.45) is 0 Å². The summed E-state index contributed by atoms with van der Waals surface area (Å²) in [4.78, 5) is 0. The fourth-order valence-electron chi connectivity index (χ4n) is 1.53. The van der Waals surface area contributed by atoms with Gasteiger partial charge in [0.1, 0.15) is 11.4 Å². The van der Waals surface area contributed by atoms with Gasteiger partial charge in [0.15, 0.2) is 5.82 Å². The molecule has 0 aliphatic heterocycles. The zero-order chi connectivity index (χ0) is 13.0. The Bertz CT molecular complexity index is 528. The lowest BCUT2D eigenvalue weighted by atomic mass is 10.2. The van der Waals surface area contributed by atoms with Gasteiger partial charge in [-0.15, -0.1) is 5.10 Å². The van der Waals surface area contributed by atoms with Gasteiger partial charge in [-0.25, -0.2) is 9.07 Å². The van der Waals surface area contributed by atoms with Gasteiger partial charge in [0.25, 0.3) is 0 Å². The Morgan fingerprint density at radius 2 is 2.28 bits per heavy atom. The molecule has 0 radical (unpaired) electrons. The normalized spacial score (nSPS) is 10.8. The van der Waals surface area contributed by atoms with Crippen molar-refractivity contribution in [3.05, 3.63) is 41.5 Å². The number of nitrogens with zero attached hydrogens (tertiary/aromatic N) is 3. The SMILES string of the molecule is Cc1cccc(-n2cc(COCCO)nn2)c1F. The van der Waals surface area contributed by atoms with Crippen LogP contribution in [-0.2, 0) is 11.3 Å². The average Bonchev–Trinajstić information content (AvgIpc) is 2.82. The van der Waals surface area contributed by atoms with Crippen molar-refractivity contribution in [2.75, 3.05) is 13.2 Å². The van der Waals surface area contributed by atoms with Crippen molar-refractivity contribution in [3.63, 3.8) is 0 Å². The average molecular weight is 251 g/mol. The first-order valence-corrected chi connectivity index (χ1v) is 5.57. The number of benzene rings is 1. The molecule has 2 rings (SSSR count). The van der Waals surface area contributed by atoms with Crippen LogP contribution in [0.15, 0.2) is 24.4 Å². The monoisotopic (exact) mass is 251 g/mol. The number of aromatic nitrogens is 3. The van der Waals surface area contributed by atoms with Crippen molar-refractivity contribution in [1.82, 2.24) is 15.0 Å². The lowest BCUT2D eigenvalue weighted by Gasteiger charge is -2.03. The quantitative estimate of drug-likeness (QED) is 0.812. The molecule has 0 fully saturated rings. The van der Waals surface area contributed by atoms with Gasteiger partial charge >= 0.3 is 0 Å². The number of halogens is 1. The van der Waals surface area contributed by atoms with Crippen LogP contribution in [0, 0.1) is 12.7 Å². The van der Waals surface area contributed by atoms with Crippen LogP contribution in [0.25, 0.3) is 5.69 Å². The molecule has 0 bridgehead atoms. The van der Waals surface area contributed by atoms with Crippen LogP contribution in [-0.4, -0.2) is 33.3 Å². The van der Waals surface area contributed by atoms with E-state index in [4.69, 9.17) is 9.84 Å². The third-order valence-electron chi connectivity index (χ3n) is 2.44. The summed E-state index contributed by atoms with van der Waals surface area (Å²) in [5, 5.41) is 16.3. The van der Waals surface area contributed by atoms with E-state index in [1.54, 1.807) is 31.3 Å². The molecule has 0 amide bonds. The third-order valence-corrected chi connectivity index (χ3v) is 2.44. The summed E-state index contributed by atoms with van der Waals surface area (Å²) in [6, 6.07) is 5.09. The highest BCUT2D eigenvalue weighted by atomic mass is 19.1. The van der Waals surface area contributed by atoms with Gasteiger partial charge in [-0.3, -0.25) is 0 Å². The lowest BCUT2D eigenvalue weighted by molar-refractivity contribution is 0.0796. The van der Waals surface area contributed by atoms with E-state index in [0.717, 1.165) is 0 Å². The van der Waals surface area contributed by atoms with E-state index in [-0.39, 0.29) is 25.6 Å². The summed E-state index contributed by atoms with van der Waals surface area (Å²) in [6.45, 7) is 2.14. The van der Waals surface area contributed by atoms with Crippen molar-refractivity contribution in [1.29, 1.82) is 0 Å². The predicted octanol–water partition coefficient (Wildman–Crippen LogP) is 1.22. The third kappa shape index (κ3) is 2.72. The maximum absolute atomic E-state index is 13.9. The van der Waals surface area contributed by atoms with Gasteiger partial charge < -0.3 is 9.84 Å². The Balaban J connectivity index is 2.16. The van der Waals surface area contributed by atoms with Gasteiger partial charge in [-0.2, -0.15) is 0 Å². The zero-order valence-electron chi connectivity index (χ0n) is 10.0. The molecule has 0 aliphatic carbocycles. The van der Waals surface area contributed by atoms with E-state index in [2.05, 4.69) is 10.3 Å². The molecule has 0 atom stereocenters. The second-order valence-electron chi connectivity index (χ2n) is 3.84. The molecule has 0 saturated carbocycles. The molecular weight excluding hydrogens is 237 g/mol. The molecule has 1 heterocycles. The van der Waals surface area contributed by atoms with Gasteiger partial charge in [0.05, 0.1) is 26.0 Å². The molecule has 96 valence electrons. The lowest BCUT2D eigenvalue weighted by Crippen LogP contribution is -2.00. The minimum atomic E-state index is -0.315. The van der Waals surface area contributed by atoms with Crippen molar-refractivity contribution in [2.45, 2.75) is 13.5 Å². The number of aryl methyl sites for hydroxylation is 1. The summed E-state index contributed by atoms with van der Waals surface area (Å²) in [6.07, 6.45) is 1.61. The highest BCUT2D eigenvalue weighted by Crippen LogP contribution is 2.15. The van der Waals surface area contributed by atoms with Crippen LogP contribution in [0.2, 0.25) is 0 Å². The standard InChI is InChI=1S/C12H14FN3O2/c1-9-3-2-4-11(12(9)13)16-7-10(14-15-16)8-18-6-5-17/h2-4,7,17H,5-6,8H2,1H3. The van der Waals surface area contributed by atoms with Crippen LogP contribution in [0.4, 0.5) is 4.39 Å². The number of aliphatic hydroxyl groups is 1. The minimum absolute atomic E-state index is 0.0410. The predicted molar refractivity (Wildman–Crippen MR) is 62.8 cm³/mol. The largest absolute Gasteiger partial charge is 0.394 e. The molecule has 2 aromatic rings. The number of hydrogen-bond acceptors (Lipinski definition) is 4. The number of hydrogen-bond donors (Lipinski definition) is 1. The summed E-state index contributed by atoms with van der Waals surface area (Å²) >= 11 is 0.